The fourth-order valence-electron chi connectivity index (χ4n) is 2.31. The Morgan fingerprint density at radius 3 is 2.08 bits per heavy atom. The molecule has 0 radical (unpaired) electrons. The summed E-state index contributed by atoms with van der Waals surface area (Å²) in [5.41, 5.74) is 7.85. The normalized spacial score (nSPS) is 11.2. The number of hydrogen-bond acceptors (Lipinski definition) is 4. The molecule has 3 N–H and O–H groups in total. The zero-order valence-corrected chi connectivity index (χ0v) is 14.5. The summed E-state index contributed by atoms with van der Waals surface area (Å²) < 4.78 is 17.7. The van der Waals surface area contributed by atoms with Crippen molar-refractivity contribution in [3.8, 4) is 11.1 Å². The van der Waals surface area contributed by atoms with E-state index < -0.39 is 12.0 Å². The lowest BCUT2D eigenvalue weighted by atomic mass is 9.99. The quantitative estimate of drug-likeness (QED) is 0.770. The molecule has 5 nitrogen and oxygen atoms in total. The number of nitrogens with two attached hydrogens (primary N) is 1. The van der Waals surface area contributed by atoms with Crippen molar-refractivity contribution in [2.45, 2.75) is 12.5 Å². The van der Waals surface area contributed by atoms with Crippen LogP contribution in [0.3, 0.4) is 0 Å². The molecule has 2 rings (SSSR count). The first-order valence-electron chi connectivity index (χ1n) is 7.45. The van der Waals surface area contributed by atoms with Gasteiger partial charge in [0.1, 0.15) is 5.82 Å². The maximum Gasteiger partial charge on any atom is 0.307 e. The zero-order chi connectivity index (χ0) is 17.5. The minimum atomic E-state index is -0.518. The Morgan fingerprint density at radius 1 is 1.08 bits per heavy atom. The Balaban J connectivity index is 0.00000312. The van der Waals surface area contributed by atoms with Crippen molar-refractivity contribution in [3.63, 3.8) is 0 Å². The molecule has 0 heterocycles. The van der Waals surface area contributed by atoms with Gasteiger partial charge in [0.15, 0.2) is 0 Å². The lowest BCUT2D eigenvalue weighted by Gasteiger charge is -2.18. The van der Waals surface area contributed by atoms with Crippen LogP contribution in [0.2, 0.25) is 0 Å². The monoisotopic (exact) mass is 366 g/mol. The van der Waals surface area contributed by atoms with E-state index in [1.165, 1.54) is 19.2 Å². The van der Waals surface area contributed by atoms with E-state index in [2.05, 4.69) is 10.1 Å². The van der Waals surface area contributed by atoms with E-state index in [4.69, 9.17) is 5.73 Å². The summed E-state index contributed by atoms with van der Waals surface area (Å²) in [5, 5.41) is 2.70. The molecule has 1 unspecified atom stereocenters. The van der Waals surface area contributed by atoms with Crippen molar-refractivity contribution in [1.29, 1.82) is 0 Å². The van der Waals surface area contributed by atoms with Gasteiger partial charge in [-0.2, -0.15) is 0 Å². The van der Waals surface area contributed by atoms with Crippen LogP contribution in [0, 0.1) is 5.82 Å². The molecule has 2 aromatic carbocycles. The van der Waals surface area contributed by atoms with Crippen molar-refractivity contribution >= 4 is 24.3 Å². The largest absolute Gasteiger partial charge is 0.469 e. The van der Waals surface area contributed by atoms with Crippen LogP contribution in [-0.2, 0) is 14.3 Å². The van der Waals surface area contributed by atoms with Gasteiger partial charge in [-0.05, 0) is 28.8 Å². The first-order valence-corrected chi connectivity index (χ1v) is 7.45. The Bertz CT molecular complexity index is 687. The summed E-state index contributed by atoms with van der Waals surface area (Å²) >= 11 is 0. The van der Waals surface area contributed by atoms with Crippen LogP contribution in [-0.4, -0.2) is 25.5 Å². The van der Waals surface area contributed by atoms with Gasteiger partial charge in [-0.15, -0.1) is 12.4 Å². The molecule has 1 atom stereocenters. The van der Waals surface area contributed by atoms with E-state index in [9.17, 15) is 14.0 Å². The number of hydrogen-bond donors (Lipinski definition) is 2. The molecular weight excluding hydrogens is 347 g/mol. The number of esters is 1. The van der Waals surface area contributed by atoms with E-state index in [0.29, 0.717) is 0 Å². The number of nitrogens with one attached hydrogen (secondary N) is 1. The highest BCUT2D eigenvalue weighted by molar-refractivity contribution is 5.85. The topological polar surface area (TPSA) is 81.4 Å². The van der Waals surface area contributed by atoms with Crippen LogP contribution in [0.5, 0.6) is 0 Å². The van der Waals surface area contributed by atoms with Gasteiger partial charge in [-0.3, -0.25) is 9.59 Å². The fourth-order valence-corrected chi connectivity index (χ4v) is 2.31. The predicted octanol–water partition coefficient (Wildman–Crippen LogP) is 2.59. The summed E-state index contributed by atoms with van der Waals surface area (Å²) in [4.78, 5) is 23.1. The summed E-state index contributed by atoms with van der Waals surface area (Å²) in [6.45, 7) is -0.161. The Kier molecular flexibility index (Phi) is 8.04. The van der Waals surface area contributed by atoms with E-state index in [-0.39, 0.29) is 37.1 Å². The zero-order valence-electron chi connectivity index (χ0n) is 13.7. The highest BCUT2D eigenvalue weighted by atomic mass is 35.5. The smallest absolute Gasteiger partial charge is 0.307 e. The molecule has 0 aliphatic carbocycles. The van der Waals surface area contributed by atoms with Crippen molar-refractivity contribution in [3.05, 3.63) is 59.9 Å². The second kappa shape index (κ2) is 9.76. The molecular formula is C18H20ClFN2O3. The number of methoxy groups -OCH3 is 1. The van der Waals surface area contributed by atoms with Crippen LogP contribution >= 0.6 is 12.4 Å². The van der Waals surface area contributed by atoms with Crippen molar-refractivity contribution in [2.75, 3.05) is 13.7 Å². The number of ether oxygens (including phenoxy) is 1. The highest BCUT2D eigenvalue weighted by Gasteiger charge is 2.18. The minimum Gasteiger partial charge on any atom is -0.469 e. The van der Waals surface area contributed by atoms with E-state index in [1.807, 2.05) is 24.3 Å². The molecule has 7 heteroatoms. The number of rotatable bonds is 6. The van der Waals surface area contributed by atoms with Crippen LogP contribution in [0.15, 0.2) is 48.5 Å². The molecule has 1 amide bonds. The Labute approximate surface area is 151 Å². The van der Waals surface area contributed by atoms with Crippen molar-refractivity contribution < 1.29 is 18.7 Å². The molecule has 134 valence electrons. The van der Waals surface area contributed by atoms with Crippen molar-refractivity contribution in [2.24, 2.45) is 5.73 Å². The molecule has 0 aromatic heterocycles. The average Bonchev–Trinajstić information content (AvgIpc) is 2.61. The van der Waals surface area contributed by atoms with Gasteiger partial charge in [0, 0.05) is 0 Å². The van der Waals surface area contributed by atoms with Gasteiger partial charge >= 0.3 is 5.97 Å². The second-order valence-corrected chi connectivity index (χ2v) is 5.23. The van der Waals surface area contributed by atoms with Crippen LogP contribution in [0.25, 0.3) is 11.1 Å². The van der Waals surface area contributed by atoms with Gasteiger partial charge in [0.05, 0.1) is 26.1 Å². The van der Waals surface area contributed by atoms with Gasteiger partial charge in [0.25, 0.3) is 0 Å². The average molecular weight is 367 g/mol. The maximum atomic E-state index is 13.0. The van der Waals surface area contributed by atoms with Crippen LogP contribution in [0.1, 0.15) is 18.0 Å². The summed E-state index contributed by atoms with van der Waals surface area (Å²) in [5.74, 6) is -1.08. The van der Waals surface area contributed by atoms with Gasteiger partial charge in [-0.1, -0.05) is 36.4 Å². The SMILES string of the molecule is COC(=O)CC(NC(=O)CN)c1ccc(-c2ccc(F)cc2)cc1.Cl. The fraction of sp³-hybridized carbons (Fsp3) is 0.222. The standard InChI is InChI=1S/C18H19FN2O3.ClH/c1-24-18(23)10-16(21-17(22)11-20)14-4-2-12(3-5-14)13-6-8-15(19)9-7-13;/h2-9,16H,10-11,20H2,1H3,(H,21,22);1H. The van der Waals surface area contributed by atoms with Gasteiger partial charge in [-0.25, -0.2) is 4.39 Å². The predicted molar refractivity (Wildman–Crippen MR) is 95.7 cm³/mol. The minimum absolute atomic E-state index is 0. The number of halogens is 2. The molecule has 2 aromatic rings. The van der Waals surface area contributed by atoms with E-state index in [0.717, 1.165) is 16.7 Å². The highest BCUT2D eigenvalue weighted by Crippen LogP contribution is 2.24. The number of carbonyl (C=O) groups excluding carboxylic acids is 2. The summed E-state index contributed by atoms with van der Waals surface area (Å²) in [6, 6.07) is 13.0. The molecule has 0 saturated carbocycles. The first kappa shape index (κ1) is 20.6. The summed E-state index contributed by atoms with van der Waals surface area (Å²) in [7, 11) is 1.29. The lowest BCUT2D eigenvalue weighted by Crippen LogP contribution is -2.35. The first-order chi connectivity index (χ1) is 11.5. The van der Waals surface area contributed by atoms with Gasteiger partial charge in [0.2, 0.25) is 5.91 Å². The van der Waals surface area contributed by atoms with Crippen LogP contribution < -0.4 is 11.1 Å². The molecule has 0 fully saturated rings. The maximum absolute atomic E-state index is 13.0. The van der Waals surface area contributed by atoms with E-state index >= 15 is 0 Å². The molecule has 0 saturated heterocycles. The third-order valence-corrected chi connectivity index (χ3v) is 3.61. The molecule has 25 heavy (non-hydrogen) atoms. The Morgan fingerprint density at radius 2 is 1.60 bits per heavy atom. The lowest BCUT2D eigenvalue weighted by molar-refractivity contribution is -0.141. The third kappa shape index (κ3) is 5.85. The number of amides is 1. The molecule has 0 aliphatic rings. The van der Waals surface area contributed by atoms with Crippen LogP contribution in [0.4, 0.5) is 4.39 Å². The van der Waals surface area contributed by atoms with Gasteiger partial charge < -0.3 is 15.8 Å². The third-order valence-electron chi connectivity index (χ3n) is 3.61. The van der Waals surface area contributed by atoms with Crippen molar-refractivity contribution in [1.82, 2.24) is 5.32 Å². The molecule has 0 spiro atoms. The molecule has 0 bridgehead atoms. The number of benzene rings is 2. The second-order valence-electron chi connectivity index (χ2n) is 5.23. The molecule has 0 aliphatic heterocycles. The number of carbonyl (C=O) groups is 2. The Hall–Kier alpha value is -2.44. The van der Waals surface area contributed by atoms with E-state index in [1.54, 1.807) is 12.1 Å². The summed E-state index contributed by atoms with van der Waals surface area (Å²) in [6.07, 6.45) is 0.0120.